The van der Waals surface area contributed by atoms with E-state index in [0.717, 1.165) is 17.1 Å². The summed E-state index contributed by atoms with van der Waals surface area (Å²) >= 11 is 0. The topological polar surface area (TPSA) is 52.5 Å². The molecule has 2 aromatic heterocycles. The Balaban J connectivity index is 2.03. The molecular weight excluding hydrogens is 226 g/mol. The molecule has 2 heterocycles. The van der Waals surface area contributed by atoms with Gasteiger partial charge in [0.05, 0.1) is 11.4 Å². The van der Waals surface area contributed by atoms with Gasteiger partial charge in [-0.2, -0.15) is 0 Å². The number of anilines is 1. The number of rotatable bonds is 2. The number of nitrogen functional groups attached to an aromatic ring is 1. The molecule has 18 heavy (non-hydrogen) atoms. The van der Waals surface area contributed by atoms with E-state index in [1.165, 1.54) is 0 Å². The monoisotopic (exact) mass is 239 g/mol. The normalized spacial score (nSPS) is 10.7. The minimum atomic E-state index is 0.587. The average Bonchev–Trinajstić information content (AvgIpc) is 2.70. The summed E-state index contributed by atoms with van der Waals surface area (Å²) in [6, 6.07) is 11.4. The van der Waals surface area contributed by atoms with Gasteiger partial charge in [0.25, 0.3) is 0 Å². The molecule has 0 bridgehead atoms. The summed E-state index contributed by atoms with van der Waals surface area (Å²) in [5.74, 6) is 1.39. The summed E-state index contributed by atoms with van der Waals surface area (Å²) in [5, 5.41) is 0. The van der Waals surface area contributed by atoms with Crippen molar-refractivity contribution in [2.75, 3.05) is 5.73 Å². The fourth-order valence-corrected chi connectivity index (χ4v) is 1.86. The van der Waals surface area contributed by atoms with Crippen LogP contribution >= 0.6 is 0 Å². The number of pyridine rings is 1. The van der Waals surface area contributed by atoms with Crippen molar-refractivity contribution in [3.05, 3.63) is 54.5 Å². The summed E-state index contributed by atoms with van der Waals surface area (Å²) in [5.41, 5.74) is 8.33. The van der Waals surface area contributed by atoms with Gasteiger partial charge in [-0.05, 0) is 19.1 Å². The summed E-state index contributed by atoms with van der Waals surface area (Å²) in [6.45, 7) is 1.95. The van der Waals surface area contributed by atoms with Crippen LogP contribution in [0.25, 0.3) is 5.65 Å². The second-order valence-corrected chi connectivity index (χ2v) is 4.16. The molecule has 0 saturated heterocycles. The number of hydrogen-bond donors (Lipinski definition) is 1. The lowest BCUT2D eigenvalue weighted by Crippen LogP contribution is -1.95. The lowest BCUT2D eigenvalue weighted by atomic mass is 10.3. The zero-order valence-corrected chi connectivity index (χ0v) is 10.00. The molecule has 3 rings (SSSR count). The third kappa shape index (κ3) is 1.88. The Morgan fingerprint density at radius 2 is 1.94 bits per heavy atom. The Kier molecular flexibility index (Phi) is 2.41. The molecule has 90 valence electrons. The van der Waals surface area contributed by atoms with Crippen molar-refractivity contribution < 1.29 is 4.74 Å². The van der Waals surface area contributed by atoms with Gasteiger partial charge in [0, 0.05) is 18.5 Å². The number of ether oxygens (including phenoxy) is 1. The van der Waals surface area contributed by atoms with Gasteiger partial charge in [0.2, 0.25) is 0 Å². The van der Waals surface area contributed by atoms with E-state index < -0.39 is 0 Å². The van der Waals surface area contributed by atoms with Gasteiger partial charge >= 0.3 is 0 Å². The van der Waals surface area contributed by atoms with Gasteiger partial charge in [-0.15, -0.1) is 0 Å². The van der Waals surface area contributed by atoms with Gasteiger partial charge in [0.15, 0.2) is 5.75 Å². The zero-order chi connectivity index (χ0) is 12.5. The first kappa shape index (κ1) is 10.7. The summed E-state index contributed by atoms with van der Waals surface area (Å²) in [4.78, 5) is 4.38. The van der Waals surface area contributed by atoms with Crippen molar-refractivity contribution in [2.24, 2.45) is 0 Å². The molecule has 0 fully saturated rings. The van der Waals surface area contributed by atoms with Crippen LogP contribution < -0.4 is 10.5 Å². The molecule has 1 aromatic carbocycles. The number of fused-ring (bicyclic) bond motifs is 1. The van der Waals surface area contributed by atoms with E-state index >= 15 is 0 Å². The van der Waals surface area contributed by atoms with Gasteiger partial charge in [-0.25, -0.2) is 4.98 Å². The Bertz CT molecular complexity index is 689. The van der Waals surface area contributed by atoms with E-state index in [1.54, 1.807) is 0 Å². The quantitative estimate of drug-likeness (QED) is 0.747. The number of nitrogens with zero attached hydrogens (tertiary/aromatic N) is 2. The van der Waals surface area contributed by atoms with Crippen LogP contribution in [0.15, 0.2) is 48.8 Å². The number of hydrogen-bond acceptors (Lipinski definition) is 3. The molecule has 3 aromatic rings. The fourth-order valence-electron chi connectivity index (χ4n) is 1.86. The molecule has 0 amide bonds. The van der Waals surface area contributed by atoms with E-state index in [4.69, 9.17) is 10.5 Å². The second-order valence-electron chi connectivity index (χ2n) is 4.16. The first-order valence-electron chi connectivity index (χ1n) is 5.70. The number of aryl methyl sites for hydroxylation is 1. The molecule has 2 N–H and O–H groups in total. The van der Waals surface area contributed by atoms with Gasteiger partial charge in [-0.3, -0.25) is 0 Å². The van der Waals surface area contributed by atoms with Crippen LogP contribution in [-0.4, -0.2) is 9.38 Å². The predicted molar refractivity (Wildman–Crippen MR) is 70.9 cm³/mol. The maximum Gasteiger partial charge on any atom is 0.155 e. The van der Waals surface area contributed by atoms with Crippen molar-refractivity contribution in [3.63, 3.8) is 0 Å². The number of para-hydroxylation sites is 1. The van der Waals surface area contributed by atoms with Crippen molar-refractivity contribution >= 4 is 11.3 Å². The van der Waals surface area contributed by atoms with E-state index in [9.17, 15) is 0 Å². The number of aromatic nitrogens is 2. The summed E-state index contributed by atoms with van der Waals surface area (Å²) in [6.07, 6.45) is 3.74. The van der Waals surface area contributed by atoms with Gasteiger partial charge < -0.3 is 14.9 Å². The lowest BCUT2D eigenvalue weighted by molar-refractivity contribution is 0.485. The van der Waals surface area contributed by atoms with Crippen LogP contribution in [-0.2, 0) is 0 Å². The molecule has 0 aliphatic rings. The third-order valence-corrected chi connectivity index (χ3v) is 2.68. The molecule has 4 nitrogen and oxygen atoms in total. The molecule has 4 heteroatoms. The largest absolute Gasteiger partial charge is 0.455 e. The smallest absolute Gasteiger partial charge is 0.155 e. The van der Waals surface area contributed by atoms with E-state index in [0.29, 0.717) is 11.4 Å². The third-order valence-electron chi connectivity index (χ3n) is 2.68. The highest BCUT2D eigenvalue weighted by Crippen LogP contribution is 2.28. The predicted octanol–water partition coefficient (Wildman–Crippen LogP) is 3.02. The number of nitrogens with two attached hydrogens (primary N) is 1. The number of imidazole rings is 1. The van der Waals surface area contributed by atoms with Crippen molar-refractivity contribution in [2.45, 2.75) is 6.92 Å². The summed E-state index contributed by atoms with van der Waals surface area (Å²) in [7, 11) is 0. The first-order chi connectivity index (χ1) is 8.72. The first-order valence-corrected chi connectivity index (χ1v) is 5.70. The molecule has 0 radical (unpaired) electrons. The molecular formula is C14H13N3O. The maximum absolute atomic E-state index is 5.97. The Morgan fingerprint density at radius 3 is 2.72 bits per heavy atom. The molecule has 0 saturated carbocycles. The Labute approximate surface area is 105 Å². The van der Waals surface area contributed by atoms with E-state index in [-0.39, 0.29) is 0 Å². The Hall–Kier alpha value is -2.49. The molecule has 0 aliphatic carbocycles. The van der Waals surface area contributed by atoms with Crippen molar-refractivity contribution in [1.29, 1.82) is 0 Å². The van der Waals surface area contributed by atoms with Crippen LogP contribution in [0.2, 0.25) is 0 Å². The van der Waals surface area contributed by atoms with E-state index in [2.05, 4.69) is 4.98 Å². The van der Waals surface area contributed by atoms with Gasteiger partial charge in [0.1, 0.15) is 11.4 Å². The highest BCUT2D eigenvalue weighted by molar-refractivity contribution is 5.60. The molecule has 0 aliphatic heterocycles. The molecule has 0 spiro atoms. The van der Waals surface area contributed by atoms with Crippen molar-refractivity contribution in [3.8, 4) is 11.5 Å². The minimum absolute atomic E-state index is 0.587. The zero-order valence-electron chi connectivity index (χ0n) is 10.00. The van der Waals surface area contributed by atoms with Crippen LogP contribution in [0, 0.1) is 6.92 Å². The highest BCUT2D eigenvalue weighted by Gasteiger charge is 2.06. The van der Waals surface area contributed by atoms with Gasteiger partial charge in [-0.1, -0.05) is 18.2 Å². The van der Waals surface area contributed by atoms with Crippen LogP contribution in [0.4, 0.5) is 5.69 Å². The highest BCUT2D eigenvalue weighted by atomic mass is 16.5. The lowest BCUT2D eigenvalue weighted by Gasteiger charge is -2.08. The molecule has 0 atom stereocenters. The standard InChI is InChI=1S/C14H13N3O/c1-10-8-17-9-12(15)13(7-14(17)16-10)18-11-5-3-2-4-6-11/h2-9H,15H2,1H3. The Morgan fingerprint density at radius 1 is 1.17 bits per heavy atom. The SMILES string of the molecule is Cc1cn2cc(N)c(Oc3ccccc3)cc2n1. The van der Waals surface area contributed by atoms with Crippen LogP contribution in [0.1, 0.15) is 5.69 Å². The van der Waals surface area contributed by atoms with E-state index in [1.807, 2.05) is 60.1 Å². The fraction of sp³-hybridized carbons (Fsp3) is 0.0714. The van der Waals surface area contributed by atoms with Crippen molar-refractivity contribution in [1.82, 2.24) is 9.38 Å². The van der Waals surface area contributed by atoms with Crippen LogP contribution in [0.3, 0.4) is 0 Å². The number of benzene rings is 1. The second kappa shape index (κ2) is 4.07. The summed E-state index contributed by atoms with van der Waals surface area (Å²) < 4.78 is 7.64. The maximum atomic E-state index is 5.97. The van der Waals surface area contributed by atoms with Crippen LogP contribution in [0.5, 0.6) is 11.5 Å². The minimum Gasteiger partial charge on any atom is -0.455 e. The average molecular weight is 239 g/mol. The molecule has 0 unspecified atom stereocenters.